The largest absolute Gasteiger partial charge is 0.317 e. The van der Waals surface area contributed by atoms with Crippen molar-refractivity contribution in [2.75, 3.05) is 0 Å². The molecular formula is C15H10FN3O3S. The molecule has 0 saturated heterocycles. The van der Waals surface area contributed by atoms with E-state index in [0.29, 0.717) is 15.0 Å². The molecule has 3 aromatic rings. The molecule has 2 aromatic carbocycles. The molecule has 23 heavy (non-hydrogen) atoms. The van der Waals surface area contributed by atoms with Crippen molar-refractivity contribution in [1.82, 2.24) is 4.57 Å². The third-order valence-corrected chi connectivity index (χ3v) is 4.39. The van der Waals surface area contributed by atoms with Gasteiger partial charge < -0.3 is 4.57 Å². The number of hydrogen-bond donors (Lipinski definition) is 0. The topological polar surface area (TPSA) is 77.5 Å². The monoisotopic (exact) mass is 331 g/mol. The third kappa shape index (κ3) is 2.76. The minimum Gasteiger partial charge on any atom is -0.317 e. The van der Waals surface area contributed by atoms with Crippen molar-refractivity contribution >= 4 is 33.1 Å². The maximum atomic E-state index is 13.8. The van der Waals surface area contributed by atoms with E-state index in [1.165, 1.54) is 46.2 Å². The highest BCUT2D eigenvalue weighted by molar-refractivity contribution is 7.16. The van der Waals surface area contributed by atoms with Gasteiger partial charge in [0.2, 0.25) is 0 Å². The molecule has 116 valence electrons. The fourth-order valence-electron chi connectivity index (χ4n) is 2.14. The van der Waals surface area contributed by atoms with Crippen molar-refractivity contribution in [1.29, 1.82) is 0 Å². The Kier molecular flexibility index (Phi) is 3.75. The number of amides is 1. The molecule has 1 aromatic heterocycles. The number of nitro groups is 1. The molecule has 0 aliphatic heterocycles. The first-order valence-corrected chi connectivity index (χ1v) is 7.36. The number of para-hydroxylation sites is 1. The van der Waals surface area contributed by atoms with Gasteiger partial charge in [-0.1, -0.05) is 17.4 Å². The number of aryl methyl sites for hydroxylation is 1. The molecule has 3 rings (SSSR count). The number of rotatable bonds is 2. The first-order chi connectivity index (χ1) is 11.0. The summed E-state index contributed by atoms with van der Waals surface area (Å²) in [5.74, 6) is -0.923. The van der Waals surface area contributed by atoms with Crippen LogP contribution in [0.15, 0.2) is 47.5 Å². The summed E-state index contributed by atoms with van der Waals surface area (Å²) in [6.07, 6.45) is 0. The molecule has 0 radical (unpaired) electrons. The van der Waals surface area contributed by atoms with Crippen LogP contribution in [0.4, 0.5) is 10.1 Å². The zero-order valence-corrected chi connectivity index (χ0v) is 12.7. The van der Waals surface area contributed by atoms with Crippen LogP contribution >= 0.6 is 11.3 Å². The number of fused-ring (bicyclic) bond motifs is 1. The van der Waals surface area contributed by atoms with Crippen LogP contribution in [-0.2, 0) is 7.05 Å². The first-order valence-electron chi connectivity index (χ1n) is 6.55. The quantitative estimate of drug-likeness (QED) is 0.535. The highest BCUT2D eigenvalue weighted by Crippen LogP contribution is 2.19. The molecule has 0 aliphatic rings. The Morgan fingerprint density at radius 2 is 1.96 bits per heavy atom. The summed E-state index contributed by atoms with van der Waals surface area (Å²) >= 11 is 1.20. The van der Waals surface area contributed by atoms with E-state index in [2.05, 4.69) is 4.99 Å². The minimum absolute atomic E-state index is 0.101. The Hall–Kier alpha value is -2.87. The highest BCUT2D eigenvalue weighted by atomic mass is 32.1. The number of thiazole rings is 1. The van der Waals surface area contributed by atoms with Crippen LogP contribution in [0, 0.1) is 15.9 Å². The number of hydrogen-bond acceptors (Lipinski definition) is 4. The van der Waals surface area contributed by atoms with Gasteiger partial charge in [0.1, 0.15) is 5.82 Å². The number of nitro benzene ring substituents is 1. The van der Waals surface area contributed by atoms with Crippen molar-refractivity contribution < 1.29 is 14.1 Å². The second-order valence-corrected chi connectivity index (χ2v) is 5.76. The molecule has 0 spiro atoms. The van der Waals surface area contributed by atoms with Crippen molar-refractivity contribution in [3.05, 3.63) is 68.8 Å². The van der Waals surface area contributed by atoms with Crippen LogP contribution < -0.4 is 4.80 Å². The fraction of sp³-hybridized carbons (Fsp3) is 0.0667. The lowest BCUT2D eigenvalue weighted by atomic mass is 10.2. The van der Waals surface area contributed by atoms with E-state index in [4.69, 9.17) is 0 Å². The lowest BCUT2D eigenvalue weighted by Crippen LogP contribution is -2.13. The average molecular weight is 331 g/mol. The number of halogens is 1. The summed E-state index contributed by atoms with van der Waals surface area (Å²) in [4.78, 5) is 26.6. The van der Waals surface area contributed by atoms with Gasteiger partial charge in [-0.05, 0) is 24.3 Å². The summed E-state index contributed by atoms with van der Waals surface area (Å²) in [6.45, 7) is 0. The van der Waals surface area contributed by atoms with Gasteiger partial charge in [0, 0.05) is 24.7 Å². The maximum Gasteiger partial charge on any atom is 0.279 e. The van der Waals surface area contributed by atoms with E-state index in [9.17, 15) is 19.3 Å². The normalized spacial score (nSPS) is 11.8. The molecule has 0 atom stereocenters. The van der Waals surface area contributed by atoms with E-state index >= 15 is 0 Å². The molecule has 0 aliphatic carbocycles. The zero-order valence-electron chi connectivity index (χ0n) is 11.9. The average Bonchev–Trinajstić information content (AvgIpc) is 2.85. The van der Waals surface area contributed by atoms with Crippen LogP contribution in [0.25, 0.3) is 10.2 Å². The molecule has 8 heteroatoms. The third-order valence-electron chi connectivity index (χ3n) is 3.30. The van der Waals surface area contributed by atoms with Crippen LogP contribution in [0.5, 0.6) is 0 Å². The lowest BCUT2D eigenvalue weighted by Gasteiger charge is -1.97. The van der Waals surface area contributed by atoms with Gasteiger partial charge in [0.25, 0.3) is 11.6 Å². The number of carbonyl (C=O) groups is 1. The highest BCUT2D eigenvalue weighted by Gasteiger charge is 2.11. The van der Waals surface area contributed by atoms with Crippen molar-refractivity contribution in [3.8, 4) is 0 Å². The Balaban J connectivity index is 2.04. The molecule has 0 bridgehead atoms. The summed E-state index contributed by atoms with van der Waals surface area (Å²) in [6, 6.07) is 9.86. The van der Waals surface area contributed by atoms with Crippen molar-refractivity contribution in [3.63, 3.8) is 0 Å². The Labute approximate surface area is 133 Å². The molecule has 6 nitrogen and oxygen atoms in total. The number of aromatic nitrogens is 1. The van der Waals surface area contributed by atoms with Gasteiger partial charge in [-0.15, -0.1) is 0 Å². The Morgan fingerprint density at radius 1 is 1.26 bits per heavy atom. The van der Waals surface area contributed by atoms with E-state index in [-0.39, 0.29) is 17.1 Å². The van der Waals surface area contributed by atoms with Gasteiger partial charge in [-0.25, -0.2) is 4.39 Å². The summed E-state index contributed by atoms with van der Waals surface area (Å²) < 4.78 is 16.0. The lowest BCUT2D eigenvalue weighted by molar-refractivity contribution is -0.384. The van der Waals surface area contributed by atoms with Gasteiger partial charge in [0.05, 0.1) is 15.1 Å². The molecule has 0 N–H and O–H groups in total. The molecule has 0 fully saturated rings. The number of nitrogens with zero attached hydrogens (tertiary/aromatic N) is 3. The predicted octanol–water partition coefficient (Wildman–Crippen LogP) is 3.03. The molecule has 0 saturated carbocycles. The first kappa shape index (κ1) is 15.0. The van der Waals surface area contributed by atoms with E-state index in [0.717, 1.165) is 0 Å². The summed E-state index contributed by atoms with van der Waals surface area (Å²) in [7, 11) is 1.63. The second-order valence-electron chi connectivity index (χ2n) is 4.75. The molecule has 1 amide bonds. The van der Waals surface area contributed by atoms with Crippen LogP contribution in [0.1, 0.15) is 10.4 Å². The second kappa shape index (κ2) is 5.73. The summed E-state index contributed by atoms with van der Waals surface area (Å²) in [5, 5.41) is 10.6. The summed E-state index contributed by atoms with van der Waals surface area (Å²) in [5.41, 5.74) is 0.511. The van der Waals surface area contributed by atoms with Crippen molar-refractivity contribution in [2.24, 2.45) is 12.0 Å². The fourth-order valence-corrected chi connectivity index (χ4v) is 3.17. The van der Waals surface area contributed by atoms with Crippen molar-refractivity contribution in [2.45, 2.75) is 0 Å². The van der Waals surface area contributed by atoms with E-state index in [1.807, 2.05) is 0 Å². The van der Waals surface area contributed by atoms with Crippen LogP contribution in [0.2, 0.25) is 0 Å². The standard InChI is InChI=1S/C15H10FN3O3S/c1-18-13-11(16)3-2-4-12(13)23-15(18)17-14(20)9-5-7-10(8-6-9)19(21)22/h2-8H,1H3. The predicted molar refractivity (Wildman–Crippen MR) is 83.7 cm³/mol. The molecular weight excluding hydrogens is 321 g/mol. The molecule has 1 heterocycles. The Bertz CT molecular complexity index is 989. The number of benzene rings is 2. The van der Waals surface area contributed by atoms with Gasteiger partial charge in [-0.3, -0.25) is 14.9 Å². The van der Waals surface area contributed by atoms with E-state index < -0.39 is 10.8 Å². The smallest absolute Gasteiger partial charge is 0.279 e. The minimum atomic E-state index is -0.542. The zero-order chi connectivity index (χ0) is 16.6. The van der Waals surface area contributed by atoms with Gasteiger partial charge in [-0.2, -0.15) is 4.99 Å². The molecule has 0 unspecified atom stereocenters. The van der Waals surface area contributed by atoms with Gasteiger partial charge >= 0.3 is 0 Å². The van der Waals surface area contributed by atoms with Crippen LogP contribution in [0.3, 0.4) is 0 Å². The number of non-ortho nitro benzene ring substituents is 1. The van der Waals surface area contributed by atoms with Crippen LogP contribution in [-0.4, -0.2) is 15.4 Å². The van der Waals surface area contributed by atoms with Gasteiger partial charge in [0.15, 0.2) is 4.80 Å². The maximum absolute atomic E-state index is 13.8. The SMILES string of the molecule is Cn1c(=NC(=O)c2ccc([N+](=O)[O-])cc2)sc2cccc(F)c21. The Morgan fingerprint density at radius 3 is 2.57 bits per heavy atom. The van der Waals surface area contributed by atoms with E-state index in [1.54, 1.807) is 19.2 Å². The number of carbonyl (C=O) groups excluding carboxylic acids is 1.